The molecular weight excluding hydrogens is 212 g/mol. The van der Waals surface area contributed by atoms with E-state index < -0.39 is 0 Å². The summed E-state index contributed by atoms with van der Waals surface area (Å²) in [6.07, 6.45) is 4.08. The highest BCUT2D eigenvalue weighted by atomic mass is 32.1. The summed E-state index contributed by atoms with van der Waals surface area (Å²) < 4.78 is 0. The van der Waals surface area contributed by atoms with E-state index in [9.17, 15) is 4.79 Å². The number of carbonyl (C=O) groups excluding carboxylic acids is 1. The van der Waals surface area contributed by atoms with Crippen LogP contribution in [0.1, 0.15) is 22.2 Å². The zero-order valence-corrected chi connectivity index (χ0v) is 8.97. The molecule has 15 heavy (non-hydrogen) atoms. The second-order valence-electron chi connectivity index (χ2n) is 2.94. The molecule has 0 aromatic carbocycles. The van der Waals surface area contributed by atoms with Crippen molar-refractivity contribution in [2.45, 2.75) is 13.3 Å². The number of anilines is 1. The maximum Gasteiger partial charge on any atom is 0.268 e. The first-order valence-corrected chi connectivity index (χ1v) is 5.41. The van der Waals surface area contributed by atoms with E-state index in [2.05, 4.69) is 20.5 Å². The van der Waals surface area contributed by atoms with Gasteiger partial charge in [-0.15, -0.1) is 11.3 Å². The lowest BCUT2D eigenvalue weighted by Crippen LogP contribution is -2.11. The van der Waals surface area contributed by atoms with E-state index in [1.165, 1.54) is 11.3 Å². The van der Waals surface area contributed by atoms with Crippen LogP contribution in [0.3, 0.4) is 0 Å². The molecule has 5 nitrogen and oxygen atoms in total. The maximum absolute atomic E-state index is 11.7. The van der Waals surface area contributed by atoms with Gasteiger partial charge in [-0.3, -0.25) is 14.9 Å². The molecule has 0 unspecified atom stereocenters. The Morgan fingerprint density at radius 1 is 1.60 bits per heavy atom. The van der Waals surface area contributed by atoms with E-state index in [-0.39, 0.29) is 5.91 Å². The largest absolute Gasteiger partial charge is 0.306 e. The first kappa shape index (κ1) is 9.85. The number of nitrogens with zero attached hydrogens (tertiary/aromatic N) is 2. The van der Waals surface area contributed by atoms with Gasteiger partial charge in [0.25, 0.3) is 5.91 Å². The van der Waals surface area contributed by atoms with Gasteiger partial charge in [-0.05, 0) is 6.42 Å². The van der Waals surface area contributed by atoms with E-state index in [0.717, 1.165) is 12.0 Å². The molecule has 0 radical (unpaired) electrons. The van der Waals surface area contributed by atoms with E-state index in [1.54, 1.807) is 17.9 Å². The van der Waals surface area contributed by atoms with Crippen molar-refractivity contribution in [2.75, 3.05) is 5.32 Å². The maximum atomic E-state index is 11.7. The molecule has 6 heteroatoms. The highest BCUT2D eigenvalue weighted by molar-refractivity contribution is 7.11. The molecule has 2 aromatic heterocycles. The Morgan fingerprint density at radius 2 is 2.47 bits per heavy atom. The normalized spacial score (nSPS) is 10.2. The number of H-pyrrole nitrogens is 1. The fraction of sp³-hybridized carbons (Fsp3) is 0.222. The van der Waals surface area contributed by atoms with E-state index in [1.807, 2.05) is 6.92 Å². The van der Waals surface area contributed by atoms with Crippen LogP contribution in [0.25, 0.3) is 0 Å². The summed E-state index contributed by atoms with van der Waals surface area (Å²) in [5.41, 5.74) is 2.62. The average molecular weight is 222 g/mol. The fourth-order valence-corrected chi connectivity index (χ4v) is 1.71. The minimum Gasteiger partial charge on any atom is -0.306 e. The van der Waals surface area contributed by atoms with Gasteiger partial charge in [-0.2, -0.15) is 5.10 Å². The number of aromatic amines is 1. The predicted octanol–water partition coefficient (Wildman–Crippen LogP) is 1.68. The van der Waals surface area contributed by atoms with Gasteiger partial charge in [0.15, 0.2) is 0 Å². The van der Waals surface area contributed by atoms with Gasteiger partial charge < -0.3 is 5.32 Å². The number of hydrogen-bond acceptors (Lipinski definition) is 4. The molecule has 0 aliphatic carbocycles. The monoisotopic (exact) mass is 222 g/mol. The van der Waals surface area contributed by atoms with Crippen LogP contribution >= 0.6 is 11.3 Å². The van der Waals surface area contributed by atoms with Gasteiger partial charge in [0.2, 0.25) is 0 Å². The third kappa shape index (κ3) is 2.04. The summed E-state index contributed by atoms with van der Waals surface area (Å²) >= 11 is 1.31. The Labute approximate surface area is 90.6 Å². The molecule has 0 aliphatic heterocycles. The van der Waals surface area contributed by atoms with Crippen LogP contribution in [0.4, 0.5) is 5.82 Å². The Hall–Kier alpha value is -1.69. The SMILES string of the molecule is CCc1cn[nH]c1NC(=O)c1cncs1. The average Bonchev–Trinajstić information content (AvgIpc) is 2.87. The van der Waals surface area contributed by atoms with Gasteiger partial charge in [-0.25, -0.2) is 0 Å². The minimum absolute atomic E-state index is 0.156. The second kappa shape index (κ2) is 4.22. The minimum atomic E-state index is -0.156. The third-order valence-corrected chi connectivity index (χ3v) is 2.77. The molecular formula is C9H10N4OS. The highest BCUT2D eigenvalue weighted by Crippen LogP contribution is 2.14. The van der Waals surface area contributed by atoms with Crippen LogP contribution in [0.5, 0.6) is 0 Å². The Balaban J connectivity index is 2.13. The Bertz CT molecular complexity index is 448. The molecule has 0 fully saturated rings. The molecule has 2 aromatic rings. The summed E-state index contributed by atoms with van der Waals surface area (Å²) in [5.74, 6) is 0.507. The first-order valence-electron chi connectivity index (χ1n) is 4.53. The van der Waals surface area contributed by atoms with Crippen LogP contribution in [-0.4, -0.2) is 21.1 Å². The quantitative estimate of drug-likeness (QED) is 0.830. The van der Waals surface area contributed by atoms with Gasteiger partial charge in [0.1, 0.15) is 10.7 Å². The molecule has 78 valence electrons. The van der Waals surface area contributed by atoms with Crippen LogP contribution in [0, 0.1) is 0 Å². The molecule has 0 atom stereocenters. The number of thiazole rings is 1. The summed E-state index contributed by atoms with van der Waals surface area (Å²) in [5, 5.41) is 9.38. The molecule has 0 spiro atoms. The van der Waals surface area contributed by atoms with Crippen molar-refractivity contribution in [2.24, 2.45) is 0 Å². The smallest absolute Gasteiger partial charge is 0.268 e. The van der Waals surface area contributed by atoms with Crippen LogP contribution in [0.15, 0.2) is 17.9 Å². The van der Waals surface area contributed by atoms with Crippen LogP contribution < -0.4 is 5.32 Å². The lowest BCUT2D eigenvalue weighted by atomic mass is 10.2. The van der Waals surface area contributed by atoms with Crippen molar-refractivity contribution in [3.05, 3.63) is 28.3 Å². The van der Waals surface area contributed by atoms with Crippen molar-refractivity contribution in [1.82, 2.24) is 15.2 Å². The number of aryl methyl sites for hydroxylation is 1. The number of nitrogens with one attached hydrogen (secondary N) is 2. The van der Waals surface area contributed by atoms with Crippen molar-refractivity contribution in [3.63, 3.8) is 0 Å². The lowest BCUT2D eigenvalue weighted by molar-refractivity contribution is 0.103. The van der Waals surface area contributed by atoms with Crippen molar-refractivity contribution in [3.8, 4) is 0 Å². The molecule has 0 aliphatic rings. The zero-order chi connectivity index (χ0) is 10.7. The Morgan fingerprint density at radius 3 is 3.13 bits per heavy atom. The zero-order valence-electron chi connectivity index (χ0n) is 8.15. The molecule has 1 amide bonds. The van der Waals surface area contributed by atoms with E-state index in [4.69, 9.17) is 0 Å². The van der Waals surface area contributed by atoms with Crippen molar-refractivity contribution < 1.29 is 4.79 Å². The predicted molar refractivity (Wildman–Crippen MR) is 58.0 cm³/mol. The molecule has 2 N–H and O–H groups in total. The molecule has 0 bridgehead atoms. The van der Waals surface area contributed by atoms with Gasteiger partial charge in [0, 0.05) is 5.56 Å². The third-order valence-electron chi connectivity index (χ3n) is 1.99. The number of carbonyl (C=O) groups is 1. The summed E-state index contributed by atoms with van der Waals surface area (Å²) in [4.78, 5) is 16.1. The van der Waals surface area contributed by atoms with Crippen molar-refractivity contribution in [1.29, 1.82) is 0 Å². The lowest BCUT2D eigenvalue weighted by Gasteiger charge is -2.01. The standard InChI is InChI=1S/C9H10N4OS/c1-2-6-3-11-13-8(6)12-9(14)7-4-10-5-15-7/h3-5H,2H2,1H3,(H2,11,12,13,14). The van der Waals surface area contributed by atoms with Gasteiger partial charge >= 0.3 is 0 Å². The number of aromatic nitrogens is 3. The van der Waals surface area contributed by atoms with Crippen LogP contribution in [-0.2, 0) is 6.42 Å². The molecule has 0 saturated carbocycles. The van der Waals surface area contributed by atoms with E-state index >= 15 is 0 Å². The summed E-state index contributed by atoms with van der Waals surface area (Å²) in [6.45, 7) is 2.01. The van der Waals surface area contributed by atoms with Crippen molar-refractivity contribution >= 4 is 23.1 Å². The summed E-state index contributed by atoms with van der Waals surface area (Å²) in [7, 11) is 0. The topological polar surface area (TPSA) is 70.7 Å². The molecule has 2 rings (SSSR count). The van der Waals surface area contributed by atoms with Crippen LogP contribution in [0.2, 0.25) is 0 Å². The first-order chi connectivity index (χ1) is 7.31. The summed E-state index contributed by atoms with van der Waals surface area (Å²) in [6, 6.07) is 0. The van der Waals surface area contributed by atoms with Gasteiger partial charge in [0.05, 0.1) is 17.9 Å². The molecule has 2 heterocycles. The fourth-order valence-electron chi connectivity index (χ4n) is 1.19. The molecule has 0 saturated heterocycles. The number of rotatable bonds is 3. The Kier molecular flexibility index (Phi) is 2.77. The highest BCUT2D eigenvalue weighted by Gasteiger charge is 2.10. The number of hydrogen-bond donors (Lipinski definition) is 2. The van der Waals surface area contributed by atoms with E-state index in [0.29, 0.717) is 10.7 Å². The second-order valence-corrected chi connectivity index (χ2v) is 3.83. The van der Waals surface area contributed by atoms with Gasteiger partial charge in [-0.1, -0.05) is 6.92 Å². The number of amides is 1.